The van der Waals surface area contributed by atoms with Crippen LogP contribution in [0.1, 0.15) is 10.4 Å². The number of carbonyl (C=O) groups excluding carboxylic acids is 1. The fourth-order valence-electron chi connectivity index (χ4n) is 2.25. The zero-order valence-electron chi connectivity index (χ0n) is 16.6. The maximum Gasteiger partial charge on any atom is 0.338 e. The molecule has 2 rings (SSSR count). The normalized spacial score (nSPS) is 11.2. The molecule has 0 saturated heterocycles. The van der Waals surface area contributed by atoms with Crippen molar-refractivity contribution in [2.75, 3.05) is 28.3 Å². The molecule has 2 aromatic carbocycles. The number of rotatable bonds is 8. The molecule has 12 heteroatoms. The molecule has 0 fully saturated rings. The van der Waals surface area contributed by atoms with Gasteiger partial charge in [-0.2, -0.15) is 8.42 Å². The molecule has 0 aliphatic carbocycles. The minimum atomic E-state index is -4.48. The first kappa shape index (κ1) is 22.6. The van der Waals surface area contributed by atoms with Gasteiger partial charge in [-0.05, 0) is 18.2 Å². The number of esters is 1. The monoisotopic (exact) mass is 437 g/mol. The summed E-state index contributed by atoms with van der Waals surface area (Å²) in [6.07, 6.45) is 1.00. The fraction of sp³-hybridized carbons (Fsp3) is 0.222. The van der Waals surface area contributed by atoms with E-state index in [4.69, 9.17) is 9.47 Å². The highest BCUT2D eigenvalue weighted by atomic mass is 32.2. The van der Waals surface area contributed by atoms with Crippen LogP contribution < -0.4 is 9.47 Å². The summed E-state index contributed by atoms with van der Waals surface area (Å²) in [4.78, 5) is 23.4. The summed E-state index contributed by atoms with van der Waals surface area (Å²) in [5.74, 6) is -1.09. The number of hydrogen-bond donors (Lipinski definition) is 0. The van der Waals surface area contributed by atoms with E-state index in [0.29, 0.717) is 5.75 Å². The third-order valence-corrected chi connectivity index (χ3v) is 4.84. The quantitative estimate of drug-likeness (QED) is 0.200. The van der Waals surface area contributed by atoms with E-state index < -0.39 is 37.2 Å². The van der Waals surface area contributed by atoms with Crippen LogP contribution in [0.2, 0.25) is 0 Å². The number of nitro benzene ring substituents is 1. The maximum atomic E-state index is 12.8. The van der Waals surface area contributed by atoms with Gasteiger partial charge >= 0.3 is 11.7 Å². The summed E-state index contributed by atoms with van der Waals surface area (Å²) in [5.41, 5.74) is -1.10. The smallest absolute Gasteiger partial charge is 0.338 e. The van der Waals surface area contributed by atoms with Crippen LogP contribution in [0, 0.1) is 10.1 Å². The van der Waals surface area contributed by atoms with Crippen LogP contribution in [0.25, 0.3) is 0 Å². The summed E-state index contributed by atoms with van der Waals surface area (Å²) in [6, 6.07) is 7.83. The lowest BCUT2D eigenvalue weighted by atomic mass is 10.2. The van der Waals surface area contributed by atoms with Gasteiger partial charge in [0.2, 0.25) is 5.75 Å². The van der Waals surface area contributed by atoms with E-state index >= 15 is 0 Å². The Bertz CT molecular complexity index is 1100. The van der Waals surface area contributed by atoms with Gasteiger partial charge < -0.3 is 19.1 Å². The van der Waals surface area contributed by atoms with Crippen LogP contribution in [-0.2, 0) is 14.8 Å². The molecule has 0 radical (unpaired) electrons. The highest BCUT2D eigenvalue weighted by Gasteiger charge is 2.31. The summed E-state index contributed by atoms with van der Waals surface area (Å²) in [6.45, 7) is 0. The van der Waals surface area contributed by atoms with Gasteiger partial charge in [0.15, 0.2) is 0 Å². The lowest BCUT2D eigenvalue weighted by Crippen LogP contribution is -2.12. The number of carbonyl (C=O) groups is 1. The third-order valence-electron chi connectivity index (χ3n) is 3.61. The van der Waals surface area contributed by atoms with Crippen molar-refractivity contribution in [2.24, 2.45) is 4.40 Å². The predicted molar refractivity (Wildman–Crippen MR) is 107 cm³/mol. The van der Waals surface area contributed by atoms with Crippen molar-refractivity contribution in [1.29, 1.82) is 0 Å². The van der Waals surface area contributed by atoms with Gasteiger partial charge in [-0.15, -0.1) is 4.40 Å². The van der Waals surface area contributed by atoms with Gasteiger partial charge in [0.25, 0.3) is 10.0 Å². The number of methoxy groups -OCH3 is 2. The van der Waals surface area contributed by atoms with Crippen molar-refractivity contribution in [3.05, 3.63) is 52.1 Å². The predicted octanol–water partition coefficient (Wildman–Crippen LogP) is 2.46. The molecule has 0 aliphatic rings. The van der Waals surface area contributed by atoms with E-state index in [1.165, 1.54) is 24.1 Å². The van der Waals surface area contributed by atoms with Gasteiger partial charge in [0.1, 0.15) is 22.7 Å². The van der Waals surface area contributed by atoms with E-state index in [1.807, 2.05) is 0 Å². The van der Waals surface area contributed by atoms with Crippen LogP contribution >= 0.6 is 0 Å². The van der Waals surface area contributed by atoms with Crippen molar-refractivity contribution >= 4 is 28.0 Å². The molecule has 160 valence electrons. The Hall–Kier alpha value is -3.67. The zero-order valence-corrected chi connectivity index (χ0v) is 17.4. The van der Waals surface area contributed by atoms with Gasteiger partial charge in [-0.3, -0.25) is 10.1 Å². The van der Waals surface area contributed by atoms with E-state index in [-0.39, 0.29) is 11.3 Å². The molecule has 30 heavy (non-hydrogen) atoms. The topological polar surface area (TPSA) is 138 Å². The Morgan fingerprint density at radius 3 is 2.40 bits per heavy atom. The number of hydrogen-bond acceptors (Lipinski definition) is 8. The van der Waals surface area contributed by atoms with Crippen molar-refractivity contribution in [1.82, 2.24) is 4.90 Å². The first-order chi connectivity index (χ1) is 14.1. The number of nitro groups is 1. The summed E-state index contributed by atoms with van der Waals surface area (Å²) >= 11 is 0. The SMILES string of the molecule is COC(=O)c1cc([N+](=O)[O-])c(Oc2cccc(OC)c2)c(S(=O)(=O)N=CN(C)C)c1. The molecule has 0 N–H and O–H groups in total. The average molecular weight is 437 g/mol. The van der Waals surface area contributed by atoms with Crippen LogP contribution in [0.5, 0.6) is 17.2 Å². The molecule has 2 aromatic rings. The van der Waals surface area contributed by atoms with Gasteiger partial charge in [0, 0.05) is 26.2 Å². The van der Waals surface area contributed by atoms with Crippen LogP contribution in [-0.4, -0.2) is 58.9 Å². The number of benzene rings is 2. The molecule has 0 aliphatic heterocycles. The third kappa shape index (κ3) is 5.23. The highest BCUT2D eigenvalue weighted by molar-refractivity contribution is 7.90. The molecule has 0 unspecified atom stereocenters. The van der Waals surface area contributed by atoms with Crippen molar-refractivity contribution in [3.8, 4) is 17.2 Å². The summed E-state index contributed by atoms with van der Waals surface area (Å²) < 4.78 is 44.3. The van der Waals surface area contributed by atoms with E-state index in [2.05, 4.69) is 9.13 Å². The average Bonchev–Trinajstić information content (AvgIpc) is 2.71. The number of ether oxygens (including phenoxy) is 3. The number of nitrogens with zero attached hydrogens (tertiary/aromatic N) is 3. The molecule has 0 spiro atoms. The Labute approximate surface area is 172 Å². The maximum absolute atomic E-state index is 12.8. The highest BCUT2D eigenvalue weighted by Crippen LogP contribution is 2.40. The Balaban J connectivity index is 2.79. The van der Waals surface area contributed by atoms with Crippen LogP contribution in [0.4, 0.5) is 5.69 Å². The van der Waals surface area contributed by atoms with Crippen molar-refractivity contribution in [3.63, 3.8) is 0 Å². The summed E-state index contributed by atoms with van der Waals surface area (Å²) in [7, 11) is 1.08. The summed E-state index contributed by atoms with van der Waals surface area (Å²) in [5, 5.41) is 11.7. The minimum absolute atomic E-state index is 0.0799. The van der Waals surface area contributed by atoms with E-state index in [0.717, 1.165) is 25.6 Å². The number of sulfonamides is 1. The Morgan fingerprint density at radius 1 is 1.17 bits per heavy atom. The first-order valence-electron chi connectivity index (χ1n) is 8.28. The van der Waals surface area contributed by atoms with Crippen molar-refractivity contribution in [2.45, 2.75) is 4.90 Å². The largest absolute Gasteiger partial charge is 0.497 e. The Morgan fingerprint density at radius 2 is 1.83 bits per heavy atom. The molecule has 11 nitrogen and oxygen atoms in total. The molecular weight excluding hydrogens is 418 g/mol. The molecular formula is C18H19N3O8S. The second kappa shape index (κ2) is 9.22. The molecule has 0 amide bonds. The Kier molecular flexibility index (Phi) is 6.95. The standard InChI is InChI=1S/C18H19N3O8S/c1-20(2)11-19-30(25,26)16-9-12(18(22)28-4)8-15(21(23)24)17(16)29-14-7-5-6-13(10-14)27-3/h5-11H,1-4H3. The second-order valence-electron chi connectivity index (χ2n) is 6.01. The molecule has 0 bridgehead atoms. The second-order valence-corrected chi connectivity index (χ2v) is 7.61. The van der Waals surface area contributed by atoms with Crippen LogP contribution in [0.15, 0.2) is 45.7 Å². The zero-order chi connectivity index (χ0) is 22.5. The lowest BCUT2D eigenvalue weighted by molar-refractivity contribution is -0.385. The van der Waals surface area contributed by atoms with E-state index in [9.17, 15) is 23.3 Å². The van der Waals surface area contributed by atoms with E-state index in [1.54, 1.807) is 26.2 Å². The molecule has 0 aromatic heterocycles. The molecule has 0 heterocycles. The molecule has 0 atom stereocenters. The first-order valence-corrected chi connectivity index (χ1v) is 9.72. The molecule has 0 saturated carbocycles. The fourth-order valence-corrected chi connectivity index (χ4v) is 3.33. The minimum Gasteiger partial charge on any atom is -0.497 e. The van der Waals surface area contributed by atoms with Crippen LogP contribution in [0.3, 0.4) is 0 Å². The van der Waals surface area contributed by atoms with Crippen molar-refractivity contribution < 1.29 is 32.3 Å². The van der Waals surface area contributed by atoms with Gasteiger partial charge in [-0.25, -0.2) is 4.79 Å². The lowest BCUT2D eigenvalue weighted by Gasteiger charge is -2.13. The van der Waals surface area contributed by atoms with Gasteiger partial charge in [-0.1, -0.05) is 6.07 Å². The van der Waals surface area contributed by atoms with Gasteiger partial charge in [0.05, 0.1) is 24.7 Å².